The lowest BCUT2D eigenvalue weighted by Gasteiger charge is -2.01. The maximum absolute atomic E-state index is 3.65. The van der Waals surface area contributed by atoms with Gasteiger partial charge in [-0.2, -0.15) is 0 Å². The second kappa shape index (κ2) is 6.64. The molecule has 0 N–H and O–H groups in total. The molecule has 15 heavy (non-hydrogen) atoms. The van der Waals surface area contributed by atoms with Crippen molar-refractivity contribution in [1.29, 1.82) is 0 Å². The minimum Gasteiger partial charge on any atom is -0.113 e. The molecule has 0 saturated carbocycles. The van der Waals surface area contributed by atoms with Crippen LogP contribution in [0.15, 0.2) is 78.1 Å². The monoisotopic (exact) mass is 196 g/mol. The molecule has 1 aliphatic rings. The van der Waals surface area contributed by atoms with E-state index in [-0.39, 0.29) is 0 Å². The summed E-state index contributed by atoms with van der Waals surface area (Å²) in [4.78, 5) is 0. The fourth-order valence-corrected chi connectivity index (χ4v) is 1.33. The Kier molecular flexibility index (Phi) is 5.00. The summed E-state index contributed by atoms with van der Waals surface area (Å²) < 4.78 is 0. The van der Waals surface area contributed by atoms with Crippen molar-refractivity contribution in [3.05, 3.63) is 78.1 Å². The van der Waals surface area contributed by atoms with Crippen LogP contribution in [-0.4, -0.2) is 0 Å². The second-order valence-electron chi connectivity index (χ2n) is 3.15. The fourth-order valence-electron chi connectivity index (χ4n) is 1.33. The van der Waals surface area contributed by atoms with Gasteiger partial charge in [-0.1, -0.05) is 49.1 Å². The minimum absolute atomic E-state index is 0.920. The largest absolute Gasteiger partial charge is 0.113 e. The summed E-state index contributed by atoms with van der Waals surface area (Å²) in [6.07, 6.45) is 18.9. The van der Waals surface area contributed by atoms with Crippen LogP contribution in [0.25, 0.3) is 0 Å². The zero-order valence-electron chi connectivity index (χ0n) is 9.11. The van der Waals surface area contributed by atoms with Gasteiger partial charge in [0, 0.05) is 5.57 Å². The summed E-state index contributed by atoms with van der Waals surface area (Å²) in [6, 6.07) is 0. The number of rotatable bonds is 4. The Morgan fingerprint density at radius 2 is 2.27 bits per heavy atom. The van der Waals surface area contributed by atoms with Gasteiger partial charge in [-0.3, -0.25) is 0 Å². The van der Waals surface area contributed by atoms with Crippen LogP contribution in [0.2, 0.25) is 0 Å². The Labute approximate surface area is 92.0 Å². The molecule has 0 atom stereocenters. The first-order valence-electron chi connectivity index (χ1n) is 5.11. The van der Waals surface area contributed by atoms with Crippen molar-refractivity contribution in [3.8, 4) is 0 Å². The van der Waals surface area contributed by atoms with Gasteiger partial charge in [0.1, 0.15) is 0 Å². The molecule has 0 bridgehead atoms. The zero-order valence-corrected chi connectivity index (χ0v) is 9.11. The number of hydrogen-bond donors (Lipinski definition) is 0. The van der Waals surface area contributed by atoms with E-state index < -0.39 is 0 Å². The minimum atomic E-state index is 0.920. The molecule has 0 aromatic rings. The van der Waals surface area contributed by atoms with Crippen LogP contribution < -0.4 is 0 Å². The van der Waals surface area contributed by atoms with E-state index in [2.05, 4.69) is 37.5 Å². The standard InChI is InChI=1S/C15H16/c1-3-5-8-11-14(4-2)15-12-9-6-7-10-13-15/h3-10,12H,1,11H2,2H3/b8-5-,14-4+. The van der Waals surface area contributed by atoms with Gasteiger partial charge < -0.3 is 0 Å². The van der Waals surface area contributed by atoms with Crippen molar-refractivity contribution >= 4 is 0 Å². The molecule has 0 nitrogen and oxygen atoms in total. The molecular formula is C15H16. The van der Waals surface area contributed by atoms with Gasteiger partial charge in [-0.25, -0.2) is 0 Å². The van der Waals surface area contributed by atoms with Crippen molar-refractivity contribution in [2.24, 2.45) is 0 Å². The topological polar surface area (TPSA) is 0 Å². The molecule has 0 saturated heterocycles. The van der Waals surface area contributed by atoms with Gasteiger partial charge in [0.2, 0.25) is 0 Å². The Morgan fingerprint density at radius 1 is 1.40 bits per heavy atom. The van der Waals surface area contributed by atoms with Crippen molar-refractivity contribution < 1.29 is 0 Å². The lowest BCUT2D eigenvalue weighted by molar-refractivity contribution is 1.23. The molecule has 0 spiro atoms. The smallest absolute Gasteiger partial charge is 0.0196 e. The van der Waals surface area contributed by atoms with E-state index in [1.807, 2.05) is 30.4 Å². The Balaban J connectivity index is 2.80. The van der Waals surface area contributed by atoms with Gasteiger partial charge >= 0.3 is 0 Å². The van der Waals surface area contributed by atoms with Gasteiger partial charge in [0.25, 0.3) is 0 Å². The van der Waals surface area contributed by atoms with Gasteiger partial charge in [0.05, 0.1) is 0 Å². The van der Waals surface area contributed by atoms with E-state index in [1.54, 1.807) is 6.08 Å². The molecule has 0 heteroatoms. The third-order valence-electron chi connectivity index (χ3n) is 2.12. The third kappa shape index (κ3) is 3.84. The van der Waals surface area contributed by atoms with Crippen LogP contribution in [0.1, 0.15) is 13.3 Å². The predicted molar refractivity (Wildman–Crippen MR) is 67.6 cm³/mol. The first kappa shape index (κ1) is 11.3. The van der Waals surface area contributed by atoms with Crippen molar-refractivity contribution in [1.82, 2.24) is 0 Å². The fraction of sp³-hybridized carbons (Fsp3) is 0.133. The highest BCUT2D eigenvalue weighted by Gasteiger charge is 1.98. The molecule has 0 amide bonds. The van der Waals surface area contributed by atoms with Crippen molar-refractivity contribution in [3.63, 3.8) is 0 Å². The molecule has 0 aromatic carbocycles. The molecule has 76 valence electrons. The zero-order chi connectivity index (χ0) is 10.9. The van der Waals surface area contributed by atoms with E-state index in [9.17, 15) is 0 Å². The van der Waals surface area contributed by atoms with Crippen LogP contribution in [0.3, 0.4) is 0 Å². The lowest BCUT2D eigenvalue weighted by atomic mass is 10.0. The van der Waals surface area contributed by atoms with Gasteiger partial charge in [-0.15, -0.1) is 5.73 Å². The van der Waals surface area contributed by atoms with Gasteiger partial charge in [0.15, 0.2) is 0 Å². The molecule has 0 fully saturated rings. The number of hydrogen-bond acceptors (Lipinski definition) is 0. The van der Waals surface area contributed by atoms with Crippen molar-refractivity contribution in [2.45, 2.75) is 13.3 Å². The maximum atomic E-state index is 3.65. The molecule has 1 rings (SSSR count). The first-order valence-corrected chi connectivity index (χ1v) is 5.11. The van der Waals surface area contributed by atoms with E-state index in [1.165, 1.54) is 5.57 Å². The number of allylic oxidation sites excluding steroid dienone is 10. The highest BCUT2D eigenvalue weighted by Crippen LogP contribution is 2.16. The van der Waals surface area contributed by atoms with Gasteiger partial charge in [-0.05, 0) is 31.1 Å². The molecule has 0 heterocycles. The van der Waals surface area contributed by atoms with Crippen LogP contribution in [-0.2, 0) is 0 Å². The Bertz CT molecular complexity index is 392. The summed E-state index contributed by atoms with van der Waals surface area (Å²) in [5, 5.41) is 0. The molecule has 0 unspecified atom stereocenters. The van der Waals surface area contributed by atoms with Crippen LogP contribution in [0.5, 0.6) is 0 Å². The second-order valence-corrected chi connectivity index (χ2v) is 3.15. The Morgan fingerprint density at radius 3 is 3.00 bits per heavy atom. The molecule has 1 aliphatic carbocycles. The summed E-state index contributed by atoms with van der Waals surface area (Å²) in [6.45, 7) is 5.71. The average molecular weight is 196 g/mol. The third-order valence-corrected chi connectivity index (χ3v) is 2.12. The highest BCUT2D eigenvalue weighted by molar-refractivity contribution is 5.43. The normalized spacial score (nSPS) is 15.5. The summed E-state index contributed by atoms with van der Waals surface area (Å²) in [7, 11) is 0. The summed E-state index contributed by atoms with van der Waals surface area (Å²) in [5.74, 6) is 0. The van der Waals surface area contributed by atoms with Crippen LogP contribution >= 0.6 is 0 Å². The SMILES string of the molecule is C=C/C=C\C/C(=C\C)C1=C=CC=CC=C1. The Hall–Kier alpha value is -1.78. The molecular weight excluding hydrogens is 180 g/mol. The van der Waals surface area contributed by atoms with E-state index in [4.69, 9.17) is 0 Å². The lowest BCUT2D eigenvalue weighted by Crippen LogP contribution is -1.83. The molecule has 0 aliphatic heterocycles. The summed E-state index contributed by atoms with van der Waals surface area (Å²) >= 11 is 0. The van der Waals surface area contributed by atoms with E-state index in [0.717, 1.165) is 12.0 Å². The first-order chi connectivity index (χ1) is 7.38. The highest BCUT2D eigenvalue weighted by atomic mass is 14.0. The van der Waals surface area contributed by atoms with E-state index in [0.29, 0.717) is 0 Å². The average Bonchev–Trinajstić information content (AvgIpc) is 2.53. The molecule has 0 aromatic heterocycles. The van der Waals surface area contributed by atoms with Crippen LogP contribution in [0, 0.1) is 0 Å². The van der Waals surface area contributed by atoms with E-state index >= 15 is 0 Å². The molecule has 0 radical (unpaired) electrons. The quantitative estimate of drug-likeness (QED) is 0.465. The van der Waals surface area contributed by atoms with Crippen molar-refractivity contribution in [2.75, 3.05) is 0 Å². The summed E-state index contributed by atoms with van der Waals surface area (Å²) in [5.41, 5.74) is 5.68. The maximum Gasteiger partial charge on any atom is 0.0196 e. The predicted octanol–water partition coefficient (Wildman–Crippen LogP) is 4.27. The van der Waals surface area contributed by atoms with Crippen LogP contribution in [0.4, 0.5) is 0 Å².